The minimum Gasteiger partial charge on any atom is -0.289 e. The summed E-state index contributed by atoms with van der Waals surface area (Å²) >= 11 is 1.71. The van der Waals surface area contributed by atoms with Crippen LogP contribution >= 0.6 is 11.8 Å². The van der Waals surface area contributed by atoms with E-state index >= 15 is 0 Å². The maximum atomic E-state index is 13.4. The molecule has 0 aromatic heterocycles. The molecule has 0 N–H and O–H groups in total. The summed E-state index contributed by atoms with van der Waals surface area (Å²) in [4.78, 5) is 29.0. The summed E-state index contributed by atoms with van der Waals surface area (Å²) in [5.74, 6) is 0.155. The fourth-order valence-corrected chi connectivity index (χ4v) is 7.15. The molecule has 6 aromatic carbocycles. The van der Waals surface area contributed by atoms with E-state index in [2.05, 4.69) is 48.5 Å². The molecule has 0 heterocycles. The minimum atomic E-state index is 0.0775. The molecule has 2 nitrogen and oxygen atoms in total. The van der Waals surface area contributed by atoms with Gasteiger partial charge in [-0.1, -0.05) is 109 Å². The SMILES string of the molecule is O=C1c2ccccc2-c2c(Sc3ccc4cccc5c4c3-c3ccccc3C5=O)ccc3cccc1c23. The molecule has 172 valence electrons. The third-order valence-electron chi connectivity index (χ3n) is 7.61. The predicted molar refractivity (Wildman–Crippen MR) is 150 cm³/mol. The fourth-order valence-electron chi connectivity index (χ4n) is 6.01. The zero-order valence-electron chi connectivity index (χ0n) is 19.6. The van der Waals surface area contributed by atoms with Crippen molar-refractivity contribution in [3.63, 3.8) is 0 Å². The lowest BCUT2D eigenvalue weighted by molar-refractivity contribution is 0.103. The van der Waals surface area contributed by atoms with E-state index in [0.29, 0.717) is 0 Å². The van der Waals surface area contributed by atoms with Crippen molar-refractivity contribution in [1.82, 2.24) is 0 Å². The molecule has 3 heteroatoms. The second kappa shape index (κ2) is 7.52. The third kappa shape index (κ3) is 2.78. The lowest BCUT2D eigenvalue weighted by atomic mass is 9.83. The summed E-state index contributed by atoms with van der Waals surface area (Å²) in [6.45, 7) is 0. The van der Waals surface area contributed by atoms with Gasteiger partial charge in [-0.3, -0.25) is 9.59 Å². The lowest BCUT2D eigenvalue weighted by Gasteiger charge is -2.25. The Kier molecular flexibility index (Phi) is 4.20. The van der Waals surface area contributed by atoms with Gasteiger partial charge in [-0.15, -0.1) is 0 Å². The van der Waals surface area contributed by atoms with E-state index in [4.69, 9.17) is 0 Å². The van der Waals surface area contributed by atoms with Gasteiger partial charge in [0.1, 0.15) is 0 Å². The van der Waals surface area contributed by atoms with E-state index in [1.807, 2.05) is 60.7 Å². The van der Waals surface area contributed by atoms with Crippen LogP contribution < -0.4 is 0 Å². The van der Waals surface area contributed by atoms with Crippen LogP contribution in [0.3, 0.4) is 0 Å². The van der Waals surface area contributed by atoms with Crippen molar-refractivity contribution < 1.29 is 9.59 Å². The van der Waals surface area contributed by atoms with Gasteiger partial charge in [0.2, 0.25) is 0 Å². The van der Waals surface area contributed by atoms with Gasteiger partial charge in [0.15, 0.2) is 11.6 Å². The Morgan fingerprint density at radius 3 is 1.24 bits per heavy atom. The molecule has 0 aliphatic heterocycles. The van der Waals surface area contributed by atoms with Crippen LogP contribution in [0.15, 0.2) is 119 Å². The summed E-state index contributed by atoms with van der Waals surface area (Å²) in [6, 6.07) is 36.3. The van der Waals surface area contributed by atoms with Crippen molar-refractivity contribution in [3.05, 3.63) is 131 Å². The van der Waals surface area contributed by atoms with Crippen molar-refractivity contribution in [3.8, 4) is 22.3 Å². The molecule has 0 bridgehead atoms. The number of rotatable bonds is 2. The van der Waals surface area contributed by atoms with E-state index in [1.165, 1.54) is 0 Å². The maximum Gasteiger partial charge on any atom is 0.194 e. The zero-order valence-corrected chi connectivity index (χ0v) is 20.4. The highest BCUT2D eigenvalue weighted by Gasteiger charge is 2.30. The van der Waals surface area contributed by atoms with E-state index in [9.17, 15) is 9.59 Å². The lowest BCUT2D eigenvalue weighted by Crippen LogP contribution is -2.11. The molecule has 0 radical (unpaired) electrons. The van der Waals surface area contributed by atoms with E-state index in [0.717, 1.165) is 75.8 Å². The standard InChI is InChI=1S/C34H18O2S/c35-33-23-11-3-1-9-21(23)31-27(17-15-19-7-5-13-25(33)29(19)31)37-28-18-16-20-8-6-14-26-30(20)32(28)22-10-2-4-12-24(22)34(26)36/h1-18H. The number of carbonyl (C=O) groups is 2. The van der Waals surface area contributed by atoms with Gasteiger partial charge in [0.25, 0.3) is 0 Å². The van der Waals surface area contributed by atoms with Crippen molar-refractivity contribution in [2.24, 2.45) is 0 Å². The number of carbonyl (C=O) groups excluding carboxylic acids is 2. The van der Waals surface area contributed by atoms with E-state index in [1.54, 1.807) is 11.8 Å². The maximum absolute atomic E-state index is 13.4. The molecule has 0 atom stereocenters. The monoisotopic (exact) mass is 490 g/mol. The van der Waals surface area contributed by atoms with Crippen molar-refractivity contribution in [2.75, 3.05) is 0 Å². The molecule has 0 fully saturated rings. The first-order chi connectivity index (χ1) is 18.2. The Balaban J connectivity index is 1.43. The molecule has 37 heavy (non-hydrogen) atoms. The van der Waals surface area contributed by atoms with Crippen molar-refractivity contribution in [1.29, 1.82) is 0 Å². The molecular weight excluding hydrogens is 472 g/mol. The first-order valence-corrected chi connectivity index (χ1v) is 13.1. The first-order valence-electron chi connectivity index (χ1n) is 12.3. The van der Waals surface area contributed by atoms with Crippen LogP contribution in [0.25, 0.3) is 43.8 Å². The molecular formula is C34H18O2S. The smallest absolute Gasteiger partial charge is 0.194 e. The number of hydrogen-bond donors (Lipinski definition) is 0. The Morgan fingerprint density at radius 1 is 0.378 bits per heavy atom. The van der Waals surface area contributed by atoms with Crippen molar-refractivity contribution in [2.45, 2.75) is 9.79 Å². The zero-order chi connectivity index (χ0) is 24.7. The average molecular weight is 491 g/mol. The van der Waals surface area contributed by atoms with Crippen LogP contribution in [0.1, 0.15) is 31.8 Å². The van der Waals surface area contributed by atoms with Crippen LogP contribution in [0.5, 0.6) is 0 Å². The second-order valence-electron chi connectivity index (χ2n) is 9.54. The molecule has 0 amide bonds. The molecule has 0 unspecified atom stereocenters. The molecule has 6 aromatic rings. The summed E-state index contributed by atoms with van der Waals surface area (Å²) in [6.07, 6.45) is 0. The van der Waals surface area contributed by atoms with Gasteiger partial charge in [-0.25, -0.2) is 0 Å². The van der Waals surface area contributed by atoms with Crippen LogP contribution in [0.4, 0.5) is 0 Å². The van der Waals surface area contributed by atoms with Gasteiger partial charge in [-0.2, -0.15) is 0 Å². The molecule has 2 aliphatic rings. The summed E-state index contributed by atoms with van der Waals surface area (Å²) in [5, 5.41) is 4.17. The Labute approximate surface area is 217 Å². The highest BCUT2D eigenvalue weighted by molar-refractivity contribution is 7.99. The topological polar surface area (TPSA) is 34.1 Å². The predicted octanol–water partition coefficient (Wildman–Crippen LogP) is 8.57. The minimum absolute atomic E-state index is 0.0775. The van der Waals surface area contributed by atoms with E-state index < -0.39 is 0 Å². The van der Waals surface area contributed by atoms with Gasteiger partial charge in [0.05, 0.1) is 0 Å². The third-order valence-corrected chi connectivity index (χ3v) is 8.73. The van der Waals surface area contributed by atoms with Gasteiger partial charge < -0.3 is 0 Å². The number of ketones is 2. The van der Waals surface area contributed by atoms with Gasteiger partial charge in [-0.05, 0) is 34.0 Å². The van der Waals surface area contributed by atoms with Crippen molar-refractivity contribution >= 4 is 44.9 Å². The Hall–Kier alpha value is -4.47. The summed E-state index contributed by atoms with van der Waals surface area (Å²) in [7, 11) is 0. The normalized spacial score (nSPS) is 13.1. The molecule has 8 rings (SSSR count). The van der Waals surface area contributed by atoms with Gasteiger partial charge in [0, 0.05) is 53.9 Å². The number of hydrogen-bond acceptors (Lipinski definition) is 3. The highest BCUT2D eigenvalue weighted by atomic mass is 32.2. The fraction of sp³-hybridized carbons (Fsp3) is 0. The highest BCUT2D eigenvalue weighted by Crippen LogP contribution is 2.50. The first kappa shape index (κ1) is 20.7. The van der Waals surface area contributed by atoms with Crippen LogP contribution in [0.2, 0.25) is 0 Å². The molecule has 2 aliphatic carbocycles. The van der Waals surface area contributed by atoms with Crippen LogP contribution in [-0.4, -0.2) is 11.6 Å². The van der Waals surface area contributed by atoms with Crippen LogP contribution in [0, 0.1) is 0 Å². The number of fused-ring (bicyclic) bond motifs is 4. The molecule has 0 saturated carbocycles. The van der Waals surface area contributed by atoms with Crippen LogP contribution in [-0.2, 0) is 0 Å². The summed E-state index contributed by atoms with van der Waals surface area (Å²) in [5.41, 5.74) is 7.17. The summed E-state index contributed by atoms with van der Waals surface area (Å²) < 4.78 is 0. The van der Waals surface area contributed by atoms with E-state index in [-0.39, 0.29) is 11.6 Å². The molecule has 0 spiro atoms. The Bertz CT molecular complexity index is 1860. The largest absolute Gasteiger partial charge is 0.289 e. The number of benzene rings is 6. The quantitative estimate of drug-likeness (QED) is 0.243. The molecule has 0 saturated heterocycles. The van der Waals surface area contributed by atoms with Gasteiger partial charge >= 0.3 is 0 Å². The second-order valence-corrected chi connectivity index (χ2v) is 10.6. The Morgan fingerprint density at radius 2 is 0.784 bits per heavy atom. The average Bonchev–Trinajstić information content (AvgIpc) is 2.95.